The Labute approximate surface area is 119 Å². The van der Waals surface area contributed by atoms with Gasteiger partial charge in [0.2, 0.25) is 0 Å². The number of rotatable bonds is 5. The second-order valence-electron chi connectivity index (χ2n) is 4.79. The number of hydrogen-bond acceptors (Lipinski definition) is 4. The molecule has 0 amide bonds. The highest BCUT2D eigenvalue weighted by Crippen LogP contribution is 2.22. The molecule has 0 saturated heterocycles. The third-order valence-electron chi connectivity index (χ3n) is 3.24. The van der Waals surface area contributed by atoms with Crippen LogP contribution in [0.15, 0.2) is 42.6 Å². The molecule has 0 aliphatic carbocycles. The number of aliphatic hydroxyl groups is 1. The normalized spacial score (nSPS) is 12.0. The van der Waals surface area contributed by atoms with E-state index in [1.165, 1.54) is 0 Å². The number of benzene rings is 1. The van der Waals surface area contributed by atoms with Crippen LogP contribution in [0.3, 0.4) is 0 Å². The summed E-state index contributed by atoms with van der Waals surface area (Å²) < 4.78 is 5.36. The van der Waals surface area contributed by atoms with Gasteiger partial charge in [-0.25, -0.2) is 4.98 Å². The summed E-state index contributed by atoms with van der Waals surface area (Å²) in [5.74, 6) is 1.69. The zero-order valence-electron chi connectivity index (χ0n) is 12.1. The fourth-order valence-electron chi connectivity index (χ4n) is 2.07. The van der Waals surface area contributed by atoms with Crippen LogP contribution in [-0.4, -0.2) is 24.2 Å². The summed E-state index contributed by atoms with van der Waals surface area (Å²) in [6.07, 6.45) is 1.23. The molecular weight excluding hydrogens is 252 g/mol. The van der Waals surface area contributed by atoms with Gasteiger partial charge in [0, 0.05) is 25.4 Å². The smallest absolute Gasteiger partial charge is 0.128 e. The average molecular weight is 272 g/mol. The van der Waals surface area contributed by atoms with Gasteiger partial charge in [-0.2, -0.15) is 0 Å². The van der Waals surface area contributed by atoms with E-state index in [2.05, 4.69) is 4.98 Å². The number of aliphatic hydroxyl groups excluding tert-OH is 1. The van der Waals surface area contributed by atoms with Gasteiger partial charge in [-0.15, -0.1) is 0 Å². The van der Waals surface area contributed by atoms with Crippen LogP contribution in [0, 0.1) is 0 Å². The van der Waals surface area contributed by atoms with Crippen LogP contribution in [0.4, 0.5) is 5.82 Å². The quantitative estimate of drug-likeness (QED) is 0.909. The number of aromatic nitrogens is 1. The van der Waals surface area contributed by atoms with E-state index in [-0.39, 0.29) is 0 Å². The molecule has 1 aromatic carbocycles. The third kappa shape index (κ3) is 3.27. The van der Waals surface area contributed by atoms with Crippen molar-refractivity contribution in [2.24, 2.45) is 0 Å². The van der Waals surface area contributed by atoms with Crippen molar-refractivity contribution in [1.82, 2.24) is 4.98 Å². The third-order valence-corrected chi connectivity index (χ3v) is 3.24. The maximum Gasteiger partial charge on any atom is 0.128 e. The first-order valence-electron chi connectivity index (χ1n) is 6.59. The molecule has 106 valence electrons. The van der Waals surface area contributed by atoms with E-state index < -0.39 is 6.10 Å². The van der Waals surface area contributed by atoms with Crippen molar-refractivity contribution < 1.29 is 9.84 Å². The molecule has 1 heterocycles. The number of pyridine rings is 1. The predicted octanol–water partition coefficient (Wildman–Crippen LogP) is 2.78. The Morgan fingerprint density at radius 3 is 2.75 bits per heavy atom. The fraction of sp³-hybridized carbons (Fsp3) is 0.312. The molecule has 20 heavy (non-hydrogen) atoms. The van der Waals surface area contributed by atoms with Gasteiger partial charge < -0.3 is 14.7 Å². The zero-order valence-corrected chi connectivity index (χ0v) is 12.1. The maximum atomic E-state index is 9.64. The first-order chi connectivity index (χ1) is 9.61. The van der Waals surface area contributed by atoms with Gasteiger partial charge in [0.15, 0.2) is 0 Å². The lowest BCUT2D eigenvalue weighted by atomic mass is 10.1. The number of anilines is 1. The van der Waals surface area contributed by atoms with Crippen LogP contribution in [0.25, 0.3) is 0 Å². The monoisotopic (exact) mass is 272 g/mol. The number of para-hydroxylation sites is 1. The molecule has 1 atom stereocenters. The average Bonchev–Trinajstić information content (AvgIpc) is 2.48. The van der Waals surface area contributed by atoms with Crippen LogP contribution < -0.4 is 9.64 Å². The Bertz CT molecular complexity index is 570. The molecule has 0 saturated carbocycles. The van der Waals surface area contributed by atoms with Crippen molar-refractivity contribution in [1.29, 1.82) is 0 Å². The van der Waals surface area contributed by atoms with Crippen molar-refractivity contribution in [3.05, 3.63) is 53.7 Å². The van der Waals surface area contributed by atoms with Crippen molar-refractivity contribution in [2.75, 3.05) is 19.1 Å². The zero-order chi connectivity index (χ0) is 14.5. The highest BCUT2D eigenvalue weighted by atomic mass is 16.5. The van der Waals surface area contributed by atoms with Crippen LogP contribution in [0.2, 0.25) is 0 Å². The van der Waals surface area contributed by atoms with Crippen LogP contribution in [0.1, 0.15) is 24.2 Å². The van der Waals surface area contributed by atoms with E-state index >= 15 is 0 Å². The number of hydrogen-bond donors (Lipinski definition) is 1. The first kappa shape index (κ1) is 14.3. The molecule has 4 heteroatoms. The van der Waals surface area contributed by atoms with Gasteiger partial charge in [0.1, 0.15) is 11.6 Å². The van der Waals surface area contributed by atoms with Crippen LogP contribution >= 0.6 is 0 Å². The van der Waals surface area contributed by atoms with Crippen molar-refractivity contribution in [3.63, 3.8) is 0 Å². The number of ether oxygens (including phenoxy) is 1. The number of methoxy groups -OCH3 is 1. The lowest BCUT2D eigenvalue weighted by molar-refractivity contribution is 0.199. The minimum Gasteiger partial charge on any atom is -0.496 e. The van der Waals surface area contributed by atoms with E-state index in [1.807, 2.05) is 48.3 Å². The van der Waals surface area contributed by atoms with Crippen molar-refractivity contribution in [2.45, 2.75) is 19.6 Å². The molecule has 2 rings (SSSR count). The van der Waals surface area contributed by atoms with E-state index in [9.17, 15) is 5.11 Å². The van der Waals surface area contributed by atoms with Gasteiger partial charge in [0.25, 0.3) is 0 Å². The summed E-state index contributed by atoms with van der Waals surface area (Å²) >= 11 is 0. The van der Waals surface area contributed by atoms with Gasteiger partial charge in [-0.3, -0.25) is 0 Å². The van der Waals surface area contributed by atoms with Gasteiger partial charge >= 0.3 is 0 Å². The maximum absolute atomic E-state index is 9.64. The van der Waals surface area contributed by atoms with Crippen molar-refractivity contribution >= 4 is 5.82 Å². The van der Waals surface area contributed by atoms with E-state index in [0.717, 1.165) is 22.7 Å². The molecule has 0 aliphatic rings. The largest absolute Gasteiger partial charge is 0.496 e. The number of nitrogens with zero attached hydrogens (tertiary/aromatic N) is 2. The summed E-state index contributed by atoms with van der Waals surface area (Å²) in [4.78, 5) is 6.38. The first-order valence-corrected chi connectivity index (χ1v) is 6.59. The second kappa shape index (κ2) is 6.39. The molecule has 4 nitrogen and oxygen atoms in total. The summed E-state index contributed by atoms with van der Waals surface area (Å²) in [6, 6.07) is 11.7. The second-order valence-corrected chi connectivity index (χ2v) is 4.79. The molecule has 0 bridgehead atoms. The molecular formula is C16H20N2O2. The van der Waals surface area contributed by atoms with E-state index in [4.69, 9.17) is 4.74 Å². The standard InChI is InChI=1S/C16H20N2O2/c1-12(19)13-8-9-17-16(10-13)18(2)11-14-6-4-5-7-15(14)20-3/h4-10,12,19H,11H2,1-3H3/t12-/m1/s1. The molecule has 0 fully saturated rings. The molecule has 0 unspecified atom stereocenters. The van der Waals surface area contributed by atoms with Gasteiger partial charge in [-0.05, 0) is 30.7 Å². The Kier molecular flexibility index (Phi) is 4.58. The Hall–Kier alpha value is -2.07. The minimum absolute atomic E-state index is 0.489. The van der Waals surface area contributed by atoms with Crippen LogP contribution in [0.5, 0.6) is 5.75 Å². The van der Waals surface area contributed by atoms with Gasteiger partial charge in [0.05, 0.1) is 13.2 Å². The minimum atomic E-state index is -0.489. The fourth-order valence-corrected chi connectivity index (χ4v) is 2.07. The summed E-state index contributed by atoms with van der Waals surface area (Å²) in [5.41, 5.74) is 1.96. The van der Waals surface area contributed by atoms with E-state index in [1.54, 1.807) is 20.2 Å². The predicted molar refractivity (Wildman–Crippen MR) is 80.0 cm³/mol. The molecule has 0 aliphatic heterocycles. The Morgan fingerprint density at radius 2 is 2.05 bits per heavy atom. The molecule has 0 spiro atoms. The summed E-state index contributed by atoms with van der Waals surface area (Å²) in [7, 11) is 3.64. The lowest BCUT2D eigenvalue weighted by Crippen LogP contribution is -2.18. The highest BCUT2D eigenvalue weighted by molar-refractivity contribution is 5.43. The van der Waals surface area contributed by atoms with E-state index in [0.29, 0.717) is 6.54 Å². The van der Waals surface area contributed by atoms with Crippen molar-refractivity contribution in [3.8, 4) is 5.75 Å². The molecule has 1 N–H and O–H groups in total. The summed E-state index contributed by atoms with van der Waals surface area (Å²) in [5, 5.41) is 9.64. The molecule has 1 aromatic heterocycles. The lowest BCUT2D eigenvalue weighted by Gasteiger charge is -2.20. The SMILES string of the molecule is COc1ccccc1CN(C)c1cc([C@@H](C)O)ccn1. The Balaban J connectivity index is 2.19. The molecule has 2 aromatic rings. The molecule has 0 radical (unpaired) electrons. The Morgan fingerprint density at radius 1 is 1.30 bits per heavy atom. The highest BCUT2D eigenvalue weighted by Gasteiger charge is 2.09. The summed E-state index contributed by atoms with van der Waals surface area (Å²) in [6.45, 7) is 2.44. The topological polar surface area (TPSA) is 45.6 Å². The van der Waals surface area contributed by atoms with Crippen LogP contribution in [-0.2, 0) is 6.54 Å². The van der Waals surface area contributed by atoms with Gasteiger partial charge in [-0.1, -0.05) is 18.2 Å².